The Morgan fingerprint density at radius 3 is 2.52 bits per heavy atom. The first kappa shape index (κ1) is 17.2. The number of benzene rings is 2. The molecule has 0 aliphatic rings. The molecular weight excluding hydrogens is 336 g/mol. The summed E-state index contributed by atoms with van der Waals surface area (Å²) in [5, 5.41) is 0.572. The average Bonchev–Trinajstić information content (AvgIpc) is 2.96. The summed E-state index contributed by atoms with van der Waals surface area (Å²) in [7, 11) is 1.79. The van der Waals surface area contributed by atoms with Crippen molar-refractivity contribution in [2.24, 2.45) is 0 Å². The lowest BCUT2D eigenvalue weighted by Gasteiger charge is -2.16. The van der Waals surface area contributed by atoms with Crippen LogP contribution in [0.5, 0.6) is 0 Å². The number of hydrogen-bond donors (Lipinski definition) is 0. The van der Waals surface area contributed by atoms with E-state index in [0.717, 1.165) is 11.1 Å². The molecular formula is C20H19ClN2O2. The number of rotatable bonds is 5. The number of carbonyl (C=O) groups is 1. The van der Waals surface area contributed by atoms with Gasteiger partial charge in [0.1, 0.15) is 5.76 Å². The summed E-state index contributed by atoms with van der Waals surface area (Å²) in [5.74, 6) is 1.07. The van der Waals surface area contributed by atoms with Gasteiger partial charge in [0.15, 0.2) is 0 Å². The molecule has 3 rings (SSSR count). The van der Waals surface area contributed by atoms with E-state index in [1.54, 1.807) is 18.0 Å². The van der Waals surface area contributed by atoms with Crippen molar-refractivity contribution < 1.29 is 9.21 Å². The predicted molar refractivity (Wildman–Crippen MR) is 98.3 cm³/mol. The Balaban J connectivity index is 1.72. The van der Waals surface area contributed by atoms with E-state index in [1.807, 2.05) is 55.5 Å². The molecule has 3 aromatic rings. The molecule has 0 bridgehead atoms. The highest BCUT2D eigenvalue weighted by Crippen LogP contribution is 2.28. The molecule has 1 heterocycles. The Morgan fingerprint density at radius 2 is 1.80 bits per heavy atom. The van der Waals surface area contributed by atoms with Crippen molar-refractivity contribution in [3.63, 3.8) is 0 Å². The molecule has 0 aliphatic carbocycles. The molecule has 0 spiro atoms. The molecule has 0 saturated carbocycles. The van der Waals surface area contributed by atoms with Crippen LogP contribution in [0, 0.1) is 6.92 Å². The van der Waals surface area contributed by atoms with Crippen LogP contribution in [0.1, 0.15) is 17.0 Å². The SMILES string of the molecule is Cc1oc(-c2ccccc2Cl)nc1CC(=O)N(C)Cc1ccccc1. The van der Waals surface area contributed by atoms with E-state index < -0.39 is 0 Å². The minimum Gasteiger partial charge on any atom is -0.441 e. The molecule has 25 heavy (non-hydrogen) atoms. The van der Waals surface area contributed by atoms with E-state index in [-0.39, 0.29) is 12.3 Å². The molecule has 4 nitrogen and oxygen atoms in total. The number of aryl methyl sites for hydroxylation is 1. The molecule has 0 radical (unpaired) electrons. The van der Waals surface area contributed by atoms with E-state index in [1.165, 1.54) is 0 Å². The largest absolute Gasteiger partial charge is 0.441 e. The average molecular weight is 355 g/mol. The number of likely N-dealkylation sites (N-methyl/N-ethyl adjacent to an activating group) is 1. The number of carbonyl (C=O) groups excluding carboxylic acids is 1. The third-order valence-electron chi connectivity index (χ3n) is 4.00. The molecule has 0 unspecified atom stereocenters. The fourth-order valence-corrected chi connectivity index (χ4v) is 2.78. The Labute approximate surface area is 152 Å². The van der Waals surface area contributed by atoms with Crippen LogP contribution in [0.25, 0.3) is 11.5 Å². The van der Waals surface area contributed by atoms with Gasteiger partial charge in [-0.15, -0.1) is 0 Å². The van der Waals surface area contributed by atoms with Gasteiger partial charge in [-0.05, 0) is 24.6 Å². The minimum atomic E-state index is -0.00837. The number of halogens is 1. The van der Waals surface area contributed by atoms with Crippen LogP contribution in [-0.2, 0) is 17.8 Å². The quantitative estimate of drug-likeness (QED) is 0.677. The fourth-order valence-electron chi connectivity index (χ4n) is 2.57. The Bertz CT molecular complexity index is 874. The maximum atomic E-state index is 12.5. The van der Waals surface area contributed by atoms with Crippen LogP contribution in [0.3, 0.4) is 0 Å². The van der Waals surface area contributed by atoms with Crippen LogP contribution in [0.15, 0.2) is 59.0 Å². The zero-order valence-electron chi connectivity index (χ0n) is 14.2. The van der Waals surface area contributed by atoms with Gasteiger partial charge < -0.3 is 9.32 Å². The van der Waals surface area contributed by atoms with Gasteiger partial charge in [-0.2, -0.15) is 0 Å². The second kappa shape index (κ2) is 7.53. The maximum Gasteiger partial charge on any atom is 0.228 e. The van der Waals surface area contributed by atoms with E-state index in [9.17, 15) is 4.79 Å². The van der Waals surface area contributed by atoms with Crippen LogP contribution >= 0.6 is 11.6 Å². The topological polar surface area (TPSA) is 46.3 Å². The molecule has 0 N–H and O–H groups in total. The Hall–Kier alpha value is -2.59. The molecule has 1 aromatic heterocycles. The van der Waals surface area contributed by atoms with Crippen molar-refractivity contribution in [2.45, 2.75) is 19.9 Å². The summed E-state index contributed by atoms with van der Waals surface area (Å²) in [6.45, 7) is 2.38. The third kappa shape index (κ3) is 4.09. The fraction of sp³-hybridized carbons (Fsp3) is 0.200. The summed E-state index contributed by atoms with van der Waals surface area (Å²) in [5.41, 5.74) is 2.45. The first-order chi connectivity index (χ1) is 12.0. The van der Waals surface area contributed by atoms with Gasteiger partial charge in [-0.3, -0.25) is 4.79 Å². The van der Waals surface area contributed by atoms with Gasteiger partial charge in [0.25, 0.3) is 0 Å². The molecule has 0 atom stereocenters. The molecule has 128 valence electrons. The van der Waals surface area contributed by atoms with E-state index in [4.69, 9.17) is 16.0 Å². The molecule has 0 aliphatic heterocycles. The lowest BCUT2D eigenvalue weighted by Crippen LogP contribution is -2.28. The van der Waals surface area contributed by atoms with E-state index >= 15 is 0 Å². The van der Waals surface area contributed by atoms with Crippen LogP contribution in [0.4, 0.5) is 0 Å². The van der Waals surface area contributed by atoms with E-state index in [0.29, 0.717) is 28.9 Å². The van der Waals surface area contributed by atoms with Crippen molar-refractivity contribution in [2.75, 3.05) is 7.05 Å². The second-order valence-corrected chi connectivity index (χ2v) is 6.32. The monoisotopic (exact) mass is 354 g/mol. The standard InChI is InChI=1S/C20H19ClN2O2/c1-14-18(22-20(25-14)16-10-6-7-11-17(16)21)12-19(24)23(2)13-15-8-4-3-5-9-15/h3-11H,12-13H2,1-2H3. The van der Waals surface area contributed by atoms with Crippen molar-refractivity contribution in [1.82, 2.24) is 9.88 Å². The lowest BCUT2D eigenvalue weighted by atomic mass is 10.2. The maximum absolute atomic E-state index is 12.5. The summed E-state index contributed by atoms with van der Waals surface area (Å²) >= 11 is 6.19. The summed E-state index contributed by atoms with van der Waals surface area (Å²) < 4.78 is 5.71. The van der Waals surface area contributed by atoms with Crippen molar-refractivity contribution >= 4 is 17.5 Å². The predicted octanol–water partition coefficient (Wildman–Crippen LogP) is 4.50. The smallest absolute Gasteiger partial charge is 0.228 e. The van der Waals surface area contributed by atoms with Crippen molar-refractivity contribution in [1.29, 1.82) is 0 Å². The number of hydrogen-bond acceptors (Lipinski definition) is 3. The van der Waals surface area contributed by atoms with Gasteiger partial charge in [-0.1, -0.05) is 54.1 Å². The van der Waals surface area contributed by atoms with Crippen LogP contribution in [-0.4, -0.2) is 22.8 Å². The summed E-state index contributed by atoms with van der Waals surface area (Å²) in [6, 6.07) is 17.2. The van der Waals surface area contributed by atoms with Crippen LogP contribution < -0.4 is 0 Å². The number of nitrogens with zero attached hydrogens (tertiary/aromatic N) is 2. The second-order valence-electron chi connectivity index (χ2n) is 5.91. The first-order valence-corrected chi connectivity index (χ1v) is 8.41. The first-order valence-electron chi connectivity index (χ1n) is 8.03. The highest BCUT2D eigenvalue weighted by atomic mass is 35.5. The zero-order chi connectivity index (χ0) is 17.8. The van der Waals surface area contributed by atoms with Crippen molar-refractivity contribution in [3.8, 4) is 11.5 Å². The van der Waals surface area contributed by atoms with Gasteiger partial charge in [0.05, 0.1) is 22.7 Å². The highest BCUT2D eigenvalue weighted by Gasteiger charge is 2.18. The number of oxazole rings is 1. The van der Waals surface area contributed by atoms with Gasteiger partial charge in [0, 0.05) is 13.6 Å². The molecule has 5 heteroatoms. The lowest BCUT2D eigenvalue weighted by molar-refractivity contribution is -0.129. The Morgan fingerprint density at radius 1 is 1.12 bits per heavy atom. The number of amides is 1. The minimum absolute atomic E-state index is 0.00837. The molecule has 1 amide bonds. The zero-order valence-corrected chi connectivity index (χ0v) is 15.0. The van der Waals surface area contributed by atoms with Crippen molar-refractivity contribution in [3.05, 3.63) is 76.6 Å². The highest BCUT2D eigenvalue weighted by molar-refractivity contribution is 6.33. The Kier molecular flexibility index (Phi) is 5.19. The van der Waals surface area contributed by atoms with Gasteiger partial charge in [-0.25, -0.2) is 4.98 Å². The molecule has 0 fully saturated rings. The normalized spacial score (nSPS) is 10.7. The van der Waals surface area contributed by atoms with E-state index in [2.05, 4.69) is 4.98 Å². The number of aromatic nitrogens is 1. The molecule has 2 aromatic carbocycles. The summed E-state index contributed by atoms with van der Waals surface area (Å²) in [6.07, 6.45) is 0.198. The molecule has 0 saturated heterocycles. The summed E-state index contributed by atoms with van der Waals surface area (Å²) in [4.78, 5) is 18.7. The third-order valence-corrected chi connectivity index (χ3v) is 4.33. The van der Waals surface area contributed by atoms with Crippen LogP contribution in [0.2, 0.25) is 5.02 Å². The van der Waals surface area contributed by atoms with Gasteiger partial charge in [0.2, 0.25) is 11.8 Å². The van der Waals surface area contributed by atoms with Gasteiger partial charge >= 0.3 is 0 Å².